The maximum Gasteiger partial charge on any atom is 0.164 e. The highest BCUT2D eigenvalue weighted by Crippen LogP contribution is 2.31. The molecule has 1 aliphatic rings. The number of ketones is 1. The molecule has 0 aliphatic heterocycles. The minimum absolute atomic E-state index is 0.0828. The Labute approximate surface area is 106 Å². The van der Waals surface area contributed by atoms with Gasteiger partial charge in [-0.1, -0.05) is 0 Å². The smallest absolute Gasteiger partial charge is 0.164 e. The minimum atomic E-state index is 0.0828. The van der Waals surface area contributed by atoms with E-state index in [1.54, 1.807) is 6.92 Å². The number of carbonyl (C=O) groups is 1. The zero-order valence-electron chi connectivity index (χ0n) is 10.4. The lowest BCUT2D eigenvalue weighted by Crippen LogP contribution is -2.40. The molecule has 0 saturated heterocycles. The highest BCUT2D eigenvalue weighted by molar-refractivity contribution is 7.10. The van der Waals surface area contributed by atoms with Crippen molar-refractivity contribution in [1.82, 2.24) is 4.37 Å². The largest absolute Gasteiger partial charge is 0.378 e. The number of carbonyl (C=O) groups excluding carboxylic acids is 1. The molecule has 4 nitrogen and oxygen atoms in total. The molecule has 1 fully saturated rings. The average Bonchev–Trinajstić information content (AvgIpc) is 2.56. The highest BCUT2D eigenvalue weighted by Gasteiger charge is 2.30. The number of aromatic nitrogens is 1. The fraction of sp³-hybridized carbons (Fsp3) is 0.667. The van der Waals surface area contributed by atoms with Gasteiger partial charge < -0.3 is 10.1 Å². The lowest BCUT2D eigenvalue weighted by molar-refractivity contribution is 0.00305. The van der Waals surface area contributed by atoms with E-state index in [1.807, 2.05) is 13.8 Å². The third kappa shape index (κ3) is 2.66. The fourth-order valence-electron chi connectivity index (χ4n) is 2.12. The van der Waals surface area contributed by atoms with Gasteiger partial charge in [0.2, 0.25) is 0 Å². The van der Waals surface area contributed by atoms with Crippen molar-refractivity contribution >= 4 is 22.3 Å². The van der Waals surface area contributed by atoms with Gasteiger partial charge >= 0.3 is 0 Å². The summed E-state index contributed by atoms with van der Waals surface area (Å²) >= 11 is 1.37. The number of aryl methyl sites for hydroxylation is 1. The third-order valence-electron chi connectivity index (χ3n) is 3.05. The first kappa shape index (κ1) is 12.5. The number of Topliss-reactive ketones (excluding diaryl/α,β-unsaturated/α-hetero) is 1. The maximum absolute atomic E-state index is 11.5. The summed E-state index contributed by atoms with van der Waals surface area (Å²) in [7, 11) is 0. The number of ether oxygens (including phenoxy) is 1. The third-order valence-corrected chi connectivity index (χ3v) is 3.92. The Bertz CT molecular complexity index is 411. The zero-order valence-corrected chi connectivity index (χ0v) is 11.3. The molecular weight excluding hydrogens is 236 g/mol. The summed E-state index contributed by atoms with van der Waals surface area (Å²) < 4.78 is 9.74. The van der Waals surface area contributed by atoms with Crippen LogP contribution >= 0.6 is 11.5 Å². The Morgan fingerprint density at radius 1 is 1.59 bits per heavy atom. The predicted molar refractivity (Wildman–Crippen MR) is 68.9 cm³/mol. The van der Waals surface area contributed by atoms with Crippen LogP contribution in [0, 0.1) is 6.92 Å². The molecule has 0 radical (unpaired) electrons. The summed E-state index contributed by atoms with van der Waals surface area (Å²) in [5.41, 5.74) is 1.57. The van der Waals surface area contributed by atoms with Crippen LogP contribution in [0.15, 0.2) is 0 Å². The van der Waals surface area contributed by atoms with Crippen LogP contribution in [0.2, 0.25) is 0 Å². The van der Waals surface area contributed by atoms with Crippen molar-refractivity contribution in [3.05, 3.63) is 11.3 Å². The van der Waals surface area contributed by atoms with Crippen molar-refractivity contribution in [3.8, 4) is 0 Å². The molecule has 17 heavy (non-hydrogen) atoms. The topological polar surface area (TPSA) is 51.2 Å². The van der Waals surface area contributed by atoms with E-state index < -0.39 is 0 Å². The molecule has 1 saturated carbocycles. The molecular formula is C12H18N2O2S. The number of hydrogen-bond acceptors (Lipinski definition) is 5. The van der Waals surface area contributed by atoms with Gasteiger partial charge in [-0.2, -0.15) is 4.37 Å². The van der Waals surface area contributed by atoms with Crippen molar-refractivity contribution in [2.75, 3.05) is 11.9 Å². The summed E-state index contributed by atoms with van der Waals surface area (Å²) in [6, 6.07) is 0.421. The molecule has 94 valence electrons. The first-order valence-electron chi connectivity index (χ1n) is 5.97. The van der Waals surface area contributed by atoms with E-state index in [0.29, 0.717) is 12.1 Å². The molecule has 0 spiro atoms. The van der Waals surface area contributed by atoms with Crippen molar-refractivity contribution in [1.29, 1.82) is 0 Å². The lowest BCUT2D eigenvalue weighted by Gasteiger charge is -2.35. The van der Waals surface area contributed by atoms with Crippen LogP contribution in [0.4, 0.5) is 5.00 Å². The van der Waals surface area contributed by atoms with Gasteiger partial charge in [0.1, 0.15) is 5.00 Å². The molecule has 0 amide bonds. The first-order chi connectivity index (χ1) is 8.11. The van der Waals surface area contributed by atoms with E-state index in [2.05, 4.69) is 9.69 Å². The van der Waals surface area contributed by atoms with Crippen molar-refractivity contribution in [2.24, 2.45) is 0 Å². The number of rotatable bonds is 5. The van der Waals surface area contributed by atoms with E-state index in [9.17, 15) is 4.79 Å². The number of nitrogens with zero attached hydrogens (tertiary/aromatic N) is 1. The van der Waals surface area contributed by atoms with Crippen LogP contribution in [0.25, 0.3) is 0 Å². The second-order valence-electron chi connectivity index (χ2n) is 4.42. The van der Waals surface area contributed by atoms with E-state index in [0.717, 1.165) is 35.7 Å². The summed E-state index contributed by atoms with van der Waals surface area (Å²) in [6.07, 6.45) is 2.41. The highest BCUT2D eigenvalue weighted by atomic mass is 32.1. The van der Waals surface area contributed by atoms with Gasteiger partial charge in [0, 0.05) is 12.6 Å². The SMILES string of the molecule is CCOC1CC(Nc2snc(C)c2C(C)=O)C1. The Balaban J connectivity index is 1.94. The van der Waals surface area contributed by atoms with Gasteiger partial charge in [0.05, 0.1) is 17.4 Å². The minimum Gasteiger partial charge on any atom is -0.378 e. The molecule has 1 aromatic rings. The Morgan fingerprint density at radius 2 is 2.29 bits per heavy atom. The standard InChI is InChI=1S/C12H18N2O2S/c1-4-16-10-5-9(6-10)13-12-11(8(3)15)7(2)14-17-12/h9-10,13H,4-6H2,1-3H3. The van der Waals surface area contributed by atoms with Gasteiger partial charge in [0.25, 0.3) is 0 Å². The van der Waals surface area contributed by atoms with Gasteiger partial charge in [-0.25, -0.2) is 0 Å². The van der Waals surface area contributed by atoms with E-state index in [1.165, 1.54) is 11.5 Å². The molecule has 5 heteroatoms. The van der Waals surface area contributed by atoms with E-state index in [-0.39, 0.29) is 5.78 Å². The molecule has 0 bridgehead atoms. The second-order valence-corrected chi connectivity index (χ2v) is 5.19. The Morgan fingerprint density at radius 3 is 2.88 bits per heavy atom. The summed E-state index contributed by atoms with van der Waals surface area (Å²) in [5, 5.41) is 4.30. The molecule has 0 aromatic carbocycles. The molecule has 1 aliphatic carbocycles. The van der Waals surface area contributed by atoms with Crippen LogP contribution < -0.4 is 5.32 Å². The van der Waals surface area contributed by atoms with Crippen LogP contribution in [-0.2, 0) is 4.74 Å². The van der Waals surface area contributed by atoms with Gasteiger partial charge in [-0.3, -0.25) is 4.79 Å². The van der Waals surface area contributed by atoms with E-state index in [4.69, 9.17) is 4.74 Å². The average molecular weight is 254 g/mol. The molecule has 1 aromatic heterocycles. The fourth-order valence-corrected chi connectivity index (χ4v) is 3.05. The monoisotopic (exact) mass is 254 g/mol. The number of anilines is 1. The quantitative estimate of drug-likeness (QED) is 0.821. The normalized spacial score (nSPS) is 23.2. The summed E-state index contributed by atoms with van der Waals surface area (Å²) in [4.78, 5) is 11.5. The molecule has 0 unspecified atom stereocenters. The van der Waals surface area contributed by atoms with Gasteiger partial charge in [-0.15, -0.1) is 0 Å². The van der Waals surface area contributed by atoms with Gasteiger partial charge in [-0.05, 0) is 45.1 Å². The Hall–Kier alpha value is -0.940. The van der Waals surface area contributed by atoms with Gasteiger partial charge in [0.15, 0.2) is 5.78 Å². The maximum atomic E-state index is 11.5. The lowest BCUT2D eigenvalue weighted by atomic mass is 9.89. The molecule has 0 atom stereocenters. The second kappa shape index (κ2) is 5.14. The summed E-state index contributed by atoms with van der Waals surface area (Å²) in [6.45, 7) is 6.25. The molecule has 2 rings (SSSR count). The van der Waals surface area contributed by atoms with Crippen molar-refractivity contribution < 1.29 is 9.53 Å². The van der Waals surface area contributed by atoms with Crippen LogP contribution in [0.1, 0.15) is 42.7 Å². The van der Waals surface area contributed by atoms with Crippen molar-refractivity contribution in [2.45, 2.75) is 45.8 Å². The van der Waals surface area contributed by atoms with Crippen molar-refractivity contribution in [3.63, 3.8) is 0 Å². The number of nitrogens with one attached hydrogen (secondary N) is 1. The molecule has 1 heterocycles. The van der Waals surface area contributed by atoms with Crippen LogP contribution in [0.3, 0.4) is 0 Å². The first-order valence-corrected chi connectivity index (χ1v) is 6.74. The predicted octanol–water partition coefficient (Wildman–Crippen LogP) is 2.63. The van der Waals surface area contributed by atoms with Crippen LogP contribution in [0.5, 0.6) is 0 Å². The van der Waals surface area contributed by atoms with Crippen LogP contribution in [-0.4, -0.2) is 28.9 Å². The molecule has 1 N–H and O–H groups in total. The Kier molecular flexibility index (Phi) is 3.79. The zero-order chi connectivity index (χ0) is 12.4. The number of hydrogen-bond donors (Lipinski definition) is 1. The van der Waals surface area contributed by atoms with E-state index >= 15 is 0 Å². The summed E-state index contributed by atoms with van der Waals surface area (Å²) in [5.74, 6) is 0.0828.